The van der Waals surface area contributed by atoms with Gasteiger partial charge >= 0.3 is 0 Å². The molecule has 116 valence electrons. The van der Waals surface area contributed by atoms with E-state index in [2.05, 4.69) is 29.2 Å². The van der Waals surface area contributed by atoms with Crippen molar-refractivity contribution in [2.45, 2.75) is 32.0 Å². The molecule has 0 amide bonds. The fourth-order valence-electron chi connectivity index (χ4n) is 2.98. The summed E-state index contributed by atoms with van der Waals surface area (Å²) in [6.07, 6.45) is 2.29. The third-order valence-electron chi connectivity index (χ3n) is 4.27. The van der Waals surface area contributed by atoms with Gasteiger partial charge in [0.15, 0.2) is 0 Å². The highest BCUT2D eigenvalue weighted by Gasteiger charge is 2.23. The molecule has 1 fully saturated rings. The number of hydrogen-bond acceptors (Lipinski definition) is 3. The number of aliphatic hydroxyl groups excluding tert-OH is 1. The second-order valence-corrected chi connectivity index (χ2v) is 5.87. The van der Waals surface area contributed by atoms with E-state index in [1.807, 2.05) is 30.3 Å². The van der Waals surface area contributed by atoms with Gasteiger partial charge in [0, 0.05) is 12.6 Å². The Morgan fingerprint density at radius 1 is 1.00 bits per heavy atom. The first-order valence-electron chi connectivity index (χ1n) is 7.96. The maximum atomic E-state index is 9.38. The Kier molecular flexibility index (Phi) is 5.09. The Morgan fingerprint density at radius 3 is 2.50 bits per heavy atom. The average Bonchev–Trinajstić information content (AvgIpc) is 3.02. The molecule has 2 aromatic rings. The summed E-state index contributed by atoms with van der Waals surface area (Å²) in [5, 5.41) is 9.38. The highest BCUT2D eigenvalue weighted by atomic mass is 16.5. The predicted molar refractivity (Wildman–Crippen MR) is 87.7 cm³/mol. The summed E-state index contributed by atoms with van der Waals surface area (Å²) >= 11 is 0. The molecule has 3 nitrogen and oxygen atoms in total. The van der Waals surface area contributed by atoms with Crippen LogP contribution in [0.5, 0.6) is 5.75 Å². The van der Waals surface area contributed by atoms with Crippen LogP contribution >= 0.6 is 0 Å². The minimum Gasteiger partial charge on any atom is -0.489 e. The normalized spacial score (nSPS) is 18.5. The van der Waals surface area contributed by atoms with Crippen molar-refractivity contribution >= 4 is 0 Å². The Bertz CT molecular complexity index is 568. The van der Waals surface area contributed by atoms with Gasteiger partial charge in [-0.3, -0.25) is 4.90 Å². The van der Waals surface area contributed by atoms with E-state index in [0.29, 0.717) is 12.6 Å². The molecule has 1 aliphatic rings. The molecule has 3 heteroatoms. The number of ether oxygens (including phenoxy) is 1. The predicted octanol–water partition coefficient (Wildman–Crippen LogP) is 3.22. The number of likely N-dealkylation sites (tertiary alicyclic amines) is 1. The van der Waals surface area contributed by atoms with Crippen molar-refractivity contribution in [3.8, 4) is 5.75 Å². The molecule has 1 N–H and O–H groups in total. The lowest BCUT2D eigenvalue weighted by Gasteiger charge is -2.22. The van der Waals surface area contributed by atoms with Crippen molar-refractivity contribution in [2.75, 3.05) is 13.2 Å². The molecule has 1 atom stereocenters. The van der Waals surface area contributed by atoms with Crippen LogP contribution in [0.25, 0.3) is 0 Å². The summed E-state index contributed by atoms with van der Waals surface area (Å²) < 4.78 is 5.81. The van der Waals surface area contributed by atoms with Crippen LogP contribution in [-0.2, 0) is 13.2 Å². The zero-order valence-corrected chi connectivity index (χ0v) is 12.8. The zero-order chi connectivity index (χ0) is 15.2. The largest absolute Gasteiger partial charge is 0.489 e. The zero-order valence-electron chi connectivity index (χ0n) is 12.8. The van der Waals surface area contributed by atoms with Gasteiger partial charge in [-0.05, 0) is 42.6 Å². The maximum absolute atomic E-state index is 9.38. The highest BCUT2D eigenvalue weighted by molar-refractivity contribution is 5.28. The van der Waals surface area contributed by atoms with Gasteiger partial charge in [-0.2, -0.15) is 0 Å². The Hall–Kier alpha value is -1.84. The van der Waals surface area contributed by atoms with Crippen LogP contribution in [0.15, 0.2) is 54.6 Å². The highest BCUT2D eigenvalue weighted by Crippen LogP contribution is 2.21. The van der Waals surface area contributed by atoms with E-state index in [0.717, 1.165) is 25.3 Å². The van der Waals surface area contributed by atoms with E-state index in [1.165, 1.54) is 17.5 Å². The summed E-state index contributed by atoms with van der Waals surface area (Å²) in [5.74, 6) is 0.896. The molecule has 22 heavy (non-hydrogen) atoms. The van der Waals surface area contributed by atoms with E-state index in [1.54, 1.807) is 0 Å². The molecule has 0 aromatic heterocycles. The van der Waals surface area contributed by atoms with Gasteiger partial charge in [0.25, 0.3) is 0 Å². The average molecular weight is 297 g/mol. The molecule has 0 spiro atoms. The molecular weight excluding hydrogens is 274 g/mol. The molecule has 0 unspecified atom stereocenters. The van der Waals surface area contributed by atoms with Gasteiger partial charge < -0.3 is 9.84 Å². The summed E-state index contributed by atoms with van der Waals surface area (Å²) in [4.78, 5) is 2.36. The topological polar surface area (TPSA) is 32.7 Å². The first-order chi connectivity index (χ1) is 10.8. The lowest BCUT2D eigenvalue weighted by Crippen LogP contribution is -2.31. The molecule has 0 saturated carbocycles. The van der Waals surface area contributed by atoms with Crippen molar-refractivity contribution in [2.24, 2.45) is 0 Å². The van der Waals surface area contributed by atoms with E-state index in [-0.39, 0.29) is 6.61 Å². The standard InChI is InChI=1S/C19H23NO2/c21-14-18-7-4-12-20(18)13-16-8-10-19(11-9-16)22-15-17-5-2-1-3-6-17/h1-3,5-6,8-11,18,21H,4,7,12-15H2/t18-/m1/s1. The van der Waals surface area contributed by atoms with Gasteiger partial charge in [0.05, 0.1) is 6.61 Å². The third kappa shape index (κ3) is 3.87. The van der Waals surface area contributed by atoms with Crippen molar-refractivity contribution in [3.63, 3.8) is 0 Å². The van der Waals surface area contributed by atoms with Crippen LogP contribution in [0.4, 0.5) is 0 Å². The minimum absolute atomic E-state index is 0.262. The Morgan fingerprint density at radius 2 is 1.77 bits per heavy atom. The minimum atomic E-state index is 0.262. The lowest BCUT2D eigenvalue weighted by atomic mass is 10.2. The van der Waals surface area contributed by atoms with E-state index < -0.39 is 0 Å². The first-order valence-corrected chi connectivity index (χ1v) is 7.96. The quantitative estimate of drug-likeness (QED) is 0.888. The van der Waals surface area contributed by atoms with Crippen LogP contribution in [0.1, 0.15) is 24.0 Å². The third-order valence-corrected chi connectivity index (χ3v) is 4.27. The van der Waals surface area contributed by atoms with Crippen LogP contribution in [-0.4, -0.2) is 29.2 Å². The molecule has 0 bridgehead atoms. The Balaban J connectivity index is 1.54. The number of hydrogen-bond donors (Lipinski definition) is 1. The van der Waals surface area contributed by atoms with Gasteiger partial charge in [0.1, 0.15) is 12.4 Å². The van der Waals surface area contributed by atoms with E-state index >= 15 is 0 Å². The van der Waals surface area contributed by atoms with Crippen LogP contribution in [0, 0.1) is 0 Å². The van der Waals surface area contributed by atoms with Gasteiger partial charge in [-0.15, -0.1) is 0 Å². The first kappa shape index (κ1) is 15.1. The molecule has 1 heterocycles. The second kappa shape index (κ2) is 7.43. The van der Waals surface area contributed by atoms with Crippen molar-refractivity contribution in [3.05, 3.63) is 65.7 Å². The number of aliphatic hydroxyl groups is 1. The molecule has 3 rings (SSSR count). The van der Waals surface area contributed by atoms with Gasteiger partial charge in [-0.25, -0.2) is 0 Å². The van der Waals surface area contributed by atoms with Crippen molar-refractivity contribution < 1.29 is 9.84 Å². The summed E-state index contributed by atoms with van der Waals surface area (Å²) in [5.41, 5.74) is 2.45. The summed E-state index contributed by atoms with van der Waals surface area (Å²) in [7, 11) is 0. The SMILES string of the molecule is OC[C@H]1CCCN1Cc1ccc(OCc2ccccc2)cc1. The lowest BCUT2D eigenvalue weighted by molar-refractivity contribution is 0.153. The van der Waals surface area contributed by atoms with Gasteiger partial charge in [-0.1, -0.05) is 42.5 Å². The van der Waals surface area contributed by atoms with Crippen LogP contribution in [0.3, 0.4) is 0 Å². The summed E-state index contributed by atoms with van der Waals surface area (Å²) in [6.45, 7) is 2.85. The maximum Gasteiger partial charge on any atom is 0.119 e. The fourth-order valence-corrected chi connectivity index (χ4v) is 2.98. The molecule has 2 aromatic carbocycles. The van der Waals surface area contributed by atoms with Gasteiger partial charge in [0.2, 0.25) is 0 Å². The number of rotatable bonds is 6. The van der Waals surface area contributed by atoms with Crippen LogP contribution in [0.2, 0.25) is 0 Å². The fraction of sp³-hybridized carbons (Fsp3) is 0.368. The van der Waals surface area contributed by atoms with E-state index in [9.17, 15) is 5.11 Å². The monoisotopic (exact) mass is 297 g/mol. The molecule has 0 radical (unpaired) electrons. The van der Waals surface area contributed by atoms with Crippen LogP contribution < -0.4 is 4.74 Å². The van der Waals surface area contributed by atoms with Crippen molar-refractivity contribution in [1.82, 2.24) is 4.90 Å². The second-order valence-electron chi connectivity index (χ2n) is 5.87. The Labute approximate surface area is 132 Å². The van der Waals surface area contributed by atoms with E-state index in [4.69, 9.17) is 4.74 Å². The van der Waals surface area contributed by atoms with Crippen molar-refractivity contribution in [1.29, 1.82) is 0 Å². The smallest absolute Gasteiger partial charge is 0.119 e. The summed E-state index contributed by atoms with van der Waals surface area (Å²) in [6, 6.07) is 18.8. The molecule has 1 aliphatic heterocycles. The number of benzene rings is 2. The molecule has 1 saturated heterocycles. The molecular formula is C19H23NO2. The number of nitrogens with zero attached hydrogens (tertiary/aromatic N) is 1. The molecule has 0 aliphatic carbocycles.